The molecule has 0 aliphatic heterocycles. The molecule has 0 bridgehead atoms. The molecule has 1 aromatic heterocycles. The van der Waals surface area contributed by atoms with Crippen LogP contribution in [-0.4, -0.2) is 12.9 Å². The summed E-state index contributed by atoms with van der Waals surface area (Å²) in [6.45, 7) is 0. The summed E-state index contributed by atoms with van der Waals surface area (Å²) in [5.74, 6) is -0.409. The minimum absolute atomic E-state index is 0.226. The van der Waals surface area contributed by atoms with Crippen LogP contribution in [0.5, 0.6) is 5.75 Å². The molecule has 0 aliphatic rings. The molecule has 1 aromatic carbocycles. The molecule has 0 spiro atoms. The average molecular weight is 336 g/mol. The topological polar surface area (TPSA) is 50.1 Å². The van der Waals surface area contributed by atoms with Crippen molar-refractivity contribution < 1.29 is 9.53 Å². The van der Waals surface area contributed by atoms with E-state index in [-0.39, 0.29) is 5.78 Å². The number of methoxy groups -OCH3 is 1. The number of ketones is 1. The van der Waals surface area contributed by atoms with Gasteiger partial charge in [0.2, 0.25) is 0 Å². The van der Waals surface area contributed by atoms with Crippen molar-refractivity contribution in [2.45, 2.75) is 5.92 Å². The van der Waals surface area contributed by atoms with Crippen LogP contribution in [0.1, 0.15) is 21.2 Å². The largest absolute Gasteiger partial charge is 0.497 e. The zero-order valence-corrected chi connectivity index (χ0v) is 12.5. The first-order valence-corrected chi connectivity index (χ1v) is 7.15. The van der Waals surface area contributed by atoms with Crippen molar-refractivity contribution in [2.24, 2.45) is 0 Å². The summed E-state index contributed by atoms with van der Waals surface area (Å²) in [7, 11) is 1.54. The monoisotopic (exact) mass is 335 g/mol. The Morgan fingerprint density at radius 1 is 1.47 bits per heavy atom. The fourth-order valence-electron chi connectivity index (χ4n) is 1.68. The number of carbonyl (C=O) groups is 1. The van der Waals surface area contributed by atoms with E-state index in [1.54, 1.807) is 31.4 Å². The van der Waals surface area contributed by atoms with Gasteiger partial charge in [-0.05, 0) is 29.6 Å². The van der Waals surface area contributed by atoms with Crippen LogP contribution < -0.4 is 4.74 Å². The van der Waals surface area contributed by atoms with E-state index in [4.69, 9.17) is 4.74 Å². The molecule has 0 saturated carbocycles. The van der Waals surface area contributed by atoms with E-state index in [0.717, 1.165) is 4.88 Å². The lowest BCUT2D eigenvalue weighted by Crippen LogP contribution is -2.11. The van der Waals surface area contributed by atoms with E-state index >= 15 is 0 Å². The van der Waals surface area contributed by atoms with Gasteiger partial charge in [0.05, 0.1) is 13.2 Å². The first-order chi connectivity index (χ1) is 9.17. The summed E-state index contributed by atoms with van der Waals surface area (Å²) >= 11 is 4.74. The van der Waals surface area contributed by atoms with Gasteiger partial charge < -0.3 is 4.74 Å². The van der Waals surface area contributed by atoms with Crippen molar-refractivity contribution in [3.8, 4) is 11.8 Å². The lowest BCUT2D eigenvalue weighted by molar-refractivity contribution is 0.0979. The highest BCUT2D eigenvalue weighted by Gasteiger charge is 2.24. The van der Waals surface area contributed by atoms with Gasteiger partial charge in [0.15, 0.2) is 5.78 Å². The summed E-state index contributed by atoms with van der Waals surface area (Å²) in [6, 6.07) is 10.8. The van der Waals surface area contributed by atoms with Crippen LogP contribution in [-0.2, 0) is 0 Å². The number of benzene rings is 1. The minimum Gasteiger partial charge on any atom is -0.497 e. The molecule has 0 N–H and O–H groups in total. The van der Waals surface area contributed by atoms with Gasteiger partial charge in [0, 0.05) is 14.9 Å². The standard InChI is InChI=1S/C14H10BrNO2S/c1-18-9-4-5-12(15)10(7-9)14(17)11(8-16)13-3-2-6-19-13/h2-7,11H,1H3. The number of nitriles is 1. The third kappa shape index (κ3) is 2.86. The first kappa shape index (κ1) is 13.8. The molecule has 0 fully saturated rings. The summed E-state index contributed by atoms with van der Waals surface area (Å²) < 4.78 is 5.77. The Kier molecular flexibility index (Phi) is 4.35. The summed E-state index contributed by atoms with van der Waals surface area (Å²) in [4.78, 5) is 13.2. The van der Waals surface area contributed by atoms with E-state index in [2.05, 4.69) is 22.0 Å². The van der Waals surface area contributed by atoms with Gasteiger partial charge in [-0.15, -0.1) is 11.3 Å². The van der Waals surface area contributed by atoms with Crippen LogP contribution in [0.3, 0.4) is 0 Å². The highest BCUT2D eigenvalue weighted by molar-refractivity contribution is 9.10. The lowest BCUT2D eigenvalue weighted by atomic mass is 9.97. The van der Waals surface area contributed by atoms with Crippen LogP contribution >= 0.6 is 27.3 Å². The van der Waals surface area contributed by atoms with E-state index < -0.39 is 5.92 Å². The van der Waals surface area contributed by atoms with Crippen LogP contribution in [0.15, 0.2) is 40.2 Å². The van der Waals surface area contributed by atoms with Gasteiger partial charge in [-0.25, -0.2) is 0 Å². The number of halogens is 1. The molecule has 0 radical (unpaired) electrons. The van der Waals surface area contributed by atoms with Gasteiger partial charge in [-0.2, -0.15) is 5.26 Å². The SMILES string of the molecule is COc1ccc(Br)c(C(=O)C(C#N)c2cccs2)c1. The van der Waals surface area contributed by atoms with Crippen molar-refractivity contribution in [2.75, 3.05) is 7.11 Å². The zero-order chi connectivity index (χ0) is 13.8. The maximum Gasteiger partial charge on any atom is 0.186 e. The van der Waals surface area contributed by atoms with E-state index in [9.17, 15) is 10.1 Å². The zero-order valence-electron chi connectivity index (χ0n) is 10.1. The van der Waals surface area contributed by atoms with Gasteiger partial charge in [0.25, 0.3) is 0 Å². The summed E-state index contributed by atoms with van der Waals surface area (Å²) in [6.07, 6.45) is 0. The fraction of sp³-hybridized carbons (Fsp3) is 0.143. The molecule has 2 rings (SSSR count). The third-order valence-electron chi connectivity index (χ3n) is 2.66. The number of rotatable bonds is 4. The van der Waals surface area contributed by atoms with Gasteiger partial charge in [-0.3, -0.25) is 4.79 Å². The predicted octanol–water partition coefficient (Wildman–Crippen LogP) is 4.01. The Morgan fingerprint density at radius 3 is 2.84 bits per heavy atom. The maximum atomic E-state index is 12.5. The van der Waals surface area contributed by atoms with Crippen molar-refractivity contribution in [1.29, 1.82) is 5.26 Å². The second-order valence-corrected chi connectivity index (χ2v) is 5.62. The quantitative estimate of drug-likeness (QED) is 0.793. The molecule has 2 aromatic rings. The van der Waals surface area contributed by atoms with Gasteiger partial charge in [-0.1, -0.05) is 22.0 Å². The van der Waals surface area contributed by atoms with Crippen molar-refractivity contribution in [3.05, 3.63) is 50.6 Å². The number of carbonyl (C=O) groups excluding carboxylic acids is 1. The van der Waals surface area contributed by atoms with Crippen LogP contribution in [0.4, 0.5) is 0 Å². The molecular weight excluding hydrogens is 326 g/mol. The second kappa shape index (κ2) is 6.00. The molecule has 1 unspecified atom stereocenters. The van der Waals surface area contributed by atoms with Crippen molar-refractivity contribution in [1.82, 2.24) is 0 Å². The Labute approximate surface area is 123 Å². The van der Waals surface area contributed by atoms with Crippen LogP contribution in [0.25, 0.3) is 0 Å². The number of ether oxygens (including phenoxy) is 1. The molecule has 0 saturated heterocycles. The van der Waals surface area contributed by atoms with Gasteiger partial charge >= 0.3 is 0 Å². The molecule has 96 valence electrons. The van der Waals surface area contributed by atoms with E-state index in [0.29, 0.717) is 15.8 Å². The number of thiophene rings is 1. The summed E-state index contributed by atoms with van der Waals surface area (Å²) in [5.41, 5.74) is 0.458. The number of hydrogen-bond acceptors (Lipinski definition) is 4. The predicted molar refractivity (Wildman–Crippen MR) is 77.7 cm³/mol. The van der Waals surface area contributed by atoms with Crippen molar-refractivity contribution >= 4 is 33.0 Å². The smallest absolute Gasteiger partial charge is 0.186 e. The van der Waals surface area contributed by atoms with E-state index in [1.165, 1.54) is 11.3 Å². The third-order valence-corrected chi connectivity index (χ3v) is 4.29. The van der Waals surface area contributed by atoms with Crippen molar-refractivity contribution in [3.63, 3.8) is 0 Å². The first-order valence-electron chi connectivity index (χ1n) is 5.48. The maximum absolute atomic E-state index is 12.5. The average Bonchev–Trinajstić information content (AvgIpc) is 2.94. The van der Waals surface area contributed by atoms with Crippen LogP contribution in [0.2, 0.25) is 0 Å². The molecule has 19 heavy (non-hydrogen) atoms. The highest BCUT2D eigenvalue weighted by Crippen LogP contribution is 2.30. The molecule has 3 nitrogen and oxygen atoms in total. The lowest BCUT2D eigenvalue weighted by Gasteiger charge is -2.09. The Morgan fingerprint density at radius 2 is 2.26 bits per heavy atom. The molecule has 5 heteroatoms. The number of hydrogen-bond donors (Lipinski definition) is 0. The number of Topliss-reactive ketones (excluding diaryl/α,β-unsaturated/α-hetero) is 1. The Hall–Kier alpha value is -1.64. The Balaban J connectivity index is 2.41. The van der Waals surface area contributed by atoms with Crippen LogP contribution in [0, 0.1) is 11.3 Å². The van der Waals surface area contributed by atoms with E-state index in [1.807, 2.05) is 11.4 Å². The van der Waals surface area contributed by atoms with Gasteiger partial charge in [0.1, 0.15) is 11.7 Å². The molecule has 0 aliphatic carbocycles. The minimum atomic E-state index is -0.775. The molecule has 1 atom stereocenters. The highest BCUT2D eigenvalue weighted by atomic mass is 79.9. The summed E-state index contributed by atoms with van der Waals surface area (Å²) in [5, 5.41) is 11.1. The fourth-order valence-corrected chi connectivity index (χ4v) is 2.89. The molecular formula is C14H10BrNO2S. The Bertz CT molecular complexity index is 631. The second-order valence-electron chi connectivity index (χ2n) is 3.79. The number of nitrogens with zero attached hydrogens (tertiary/aromatic N) is 1. The normalized spacial score (nSPS) is 11.6. The molecule has 1 heterocycles. The molecule has 0 amide bonds.